The Morgan fingerprint density at radius 2 is 2.31 bits per heavy atom. The minimum absolute atomic E-state index is 0.0152. The van der Waals surface area contributed by atoms with Crippen molar-refractivity contribution in [2.75, 3.05) is 11.6 Å². The molecule has 0 saturated heterocycles. The lowest BCUT2D eigenvalue weighted by molar-refractivity contribution is -0.387. The quantitative estimate of drug-likeness (QED) is 0.267. The van der Waals surface area contributed by atoms with Crippen LogP contribution >= 0.6 is 23.4 Å². The molecule has 0 aliphatic rings. The molecule has 0 unspecified atom stereocenters. The lowest BCUT2D eigenvalue weighted by Crippen LogP contribution is -1.93. The van der Waals surface area contributed by atoms with Crippen LogP contribution in [0.5, 0.6) is 0 Å². The molecule has 0 heterocycles. The van der Waals surface area contributed by atoms with E-state index in [0.717, 1.165) is 12.2 Å². The molecule has 0 radical (unpaired) electrons. The number of benzene rings is 1. The van der Waals surface area contributed by atoms with Crippen molar-refractivity contribution >= 4 is 29.1 Å². The van der Waals surface area contributed by atoms with Crippen molar-refractivity contribution in [2.45, 2.75) is 11.3 Å². The van der Waals surface area contributed by atoms with Gasteiger partial charge < -0.3 is 0 Å². The van der Waals surface area contributed by atoms with Gasteiger partial charge in [0, 0.05) is 11.9 Å². The highest BCUT2D eigenvalue weighted by Crippen LogP contribution is 2.30. The highest BCUT2D eigenvalue weighted by atomic mass is 35.5. The van der Waals surface area contributed by atoms with Crippen LogP contribution in [-0.4, -0.2) is 16.6 Å². The van der Waals surface area contributed by atoms with Crippen LogP contribution in [0.2, 0.25) is 0 Å². The van der Waals surface area contributed by atoms with Gasteiger partial charge >= 0.3 is 0 Å². The monoisotopic (exact) mass is 256 g/mol. The summed E-state index contributed by atoms with van der Waals surface area (Å²) in [5.41, 5.74) is 0.284. The van der Waals surface area contributed by atoms with Crippen molar-refractivity contribution in [1.29, 1.82) is 5.26 Å². The fraction of sp³-hybridized carbons (Fsp3) is 0.300. The molecule has 6 heteroatoms. The van der Waals surface area contributed by atoms with Gasteiger partial charge in [-0.3, -0.25) is 10.1 Å². The number of nitrogens with zero attached hydrogens (tertiary/aromatic N) is 2. The lowest BCUT2D eigenvalue weighted by Gasteiger charge is -2.02. The first kappa shape index (κ1) is 12.8. The molecule has 1 aromatic carbocycles. The van der Waals surface area contributed by atoms with E-state index in [-0.39, 0.29) is 5.69 Å². The van der Waals surface area contributed by atoms with Gasteiger partial charge in [0.2, 0.25) is 0 Å². The van der Waals surface area contributed by atoms with E-state index in [2.05, 4.69) is 0 Å². The zero-order chi connectivity index (χ0) is 12.0. The molecule has 1 rings (SSSR count). The van der Waals surface area contributed by atoms with Crippen molar-refractivity contribution in [3.8, 4) is 6.07 Å². The first-order valence-electron chi connectivity index (χ1n) is 4.56. The molecule has 0 aliphatic heterocycles. The number of hydrogen-bond acceptors (Lipinski definition) is 4. The van der Waals surface area contributed by atoms with Gasteiger partial charge in [0.25, 0.3) is 5.69 Å². The third kappa shape index (κ3) is 3.40. The Kier molecular flexibility index (Phi) is 5.09. The fourth-order valence-electron chi connectivity index (χ4n) is 1.09. The summed E-state index contributed by atoms with van der Waals surface area (Å²) >= 11 is 6.91. The van der Waals surface area contributed by atoms with E-state index in [1.807, 2.05) is 6.07 Å². The van der Waals surface area contributed by atoms with Crippen LogP contribution in [0.4, 0.5) is 5.69 Å². The summed E-state index contributed by atoms with van der Waals surface area (Å²) in [7, 11) is 0. The van der Waals surface area contributed by atoms with Crippen LogP contribution in [0, 0.1) is 21.4 Å². The van der Waals surface area contributed by atoms with Crippen molar-refractivity contribution in [1.82, 2.24) is 0 Å². The summed E-state index contributed by atoms with van der Waals surface area (Å²) in [5.74, 6) is 1.27. The Hall–Kier alpha value is -1.25. The maximum absolute atomic E-state index is 10.8. The second-order valence-electron chi connectivity index (χ2n) is 2.94. The van der Waals surface area contributed by atoms with Crippen molar-refractivity contribution in [2.24, 2.45) is 0 Å². The molecular formula is C10H9ClN2O2S. The predicted octanol–water partition coefficient (Wildman–Crippen LogP) is 3.19. The molecule has 16 heavy (non-hydrogen) atoms. The number of alkyl halides is 1. The molecule has 1 aromatic rings. The van der Waals surface area contributed by atoms with Gasteiger partial charge in [0.1, 0.15) is 0 Å². The number of halogens is 1. The van der Waals surface area contributed by atoms with Gasteiger partial charge in [0.15, 0.2) is 0 Å². The van der Waals surface area contributed by atoms with Crippen LogP contribution in [0.15, 0.2) is 23.1 Å². The first-order valence-corrected chi connectivity index (χ1v) is 6.08. The Morgan fingerprint density at radius 1 is 1.56 bits per heavy atom. The minimum atomic E-state index is -0.468. The van der Waals surface area contributed by atoms with E-state index in [1.54, 1.807) is 12.1 Å². The number of rotatable bonds is 5. The summed E-state index contributed by atoms with van der Waals surface area (Å²) in [6.07, 6.45) is 0.795. The first-order chi connectivity index (χ1) is 7.69. The Bertz CT molecular complexity index is 431. The molecule has 0 fully saturated rings. The summed E-state index contributed by atoms with van der Waals surface area (Å²) in [4.78, 5) is 10.9. The molecule has 0 atom stereocenters. The number of thioether (sulfide) groups is 1. The summed E-state index contributed by atoms with van der Waals surface area (Å²) < 4.78 is 0. The van der Waals surface area contributed by atoms with Crippen LogP contribution in [0.25, 0.3) is 0 Å². The molecule has 0 N–H and O–H groups in total. The zero-order valence-electron chi connectivity index (χ0n) is 8.35. The van der Waals surface area contributed by atoms with E-state index >= 15 is 0 Å². The van der Waals surface area contributed by atoms with Crippen LogP contribution in [0.1, 0.15) is 12.0 Å². The normalized spacial score (nSPS) is 9.75. The van der Waals surface area contributed by atoms with E-state index in [1.165, 1.54) is 17.8 Å². The third-order valence-corrected chi connectivity index (χ3v) is 3.24. The largest absolute Gasteiger partial charge is 0.284 e. The molecule has 0 bridgehead atoms. The summed E-state index contributed by atoms with van der Waals surface area (Å²) in [5, 5.41) is 19.4. The topological polar surface area (TPSA) is 66.9 Å². The Morgan fingerprint density at radius 3 is 2.88 bits per heavy atom. The Labute approximate surface area is 102 Å². The number of nitro groups is 1. The zero-order valence-corrected chi connectivity index (χ0v) is 9.92. The highest BCUT2D eigenvalue weighted by Gasteiger charge is 2.14. The smallest absolute Gasteiger partial charge is 0.258 e. The maximum Gasteiger partial charge on any atom is 0.284 e. The molecule has 0 spiro atoms. The predicted molar refractivity (Wildman–Crippen MR) is 63.9 cm³/mol. The second-order valence-corrected chi connectivity index (χ2v) is 4.46. The fourth-order valence-corrected chi connectivity index (χ4v) is 2.33. The Balaban J connectivity index is 2.91. The van der Waals surface area contributed by atoms with Crippen LogP contribution in [-0.2, 0) is 0 Å². The lowest BCUT2D eigenvalue weighted by atomic mass is 10.2. The van der Waals surface area contributed by atoms with Crippen molar-refractivity contribution in [3.05, 3.63) is 33.9 Å². The molecule has 0 aliphatic carbocycles. The molecule has 0 saturated carbocycles. The molecular weight excluding hydrogens is 248 g/mol. The van der Waals surface area contributed by atoms with Gasteiger partial charge in [-0.25, -0.2) is 0 Å². The van der Waals surface area contributed by atoms with Gasteiger partial charge in [-0.15, -0.1) is 23.4 Å². The van der Waals surface area contributed by atoms with Gasteiger partial charge in [-0.1, -0.05) is 0 Å². The van der Waals surface area contributed by atoms with E-state index < -0.39 is 4.92 Å². The van der Waals surface area contributed by atoms with Gasteiger partial charge in [-0.2, -0.15) is 5.26 Å². The summed E-state index contributed by atoms with van der Waals surface area (Å²) in [6.45, 7) is 0. The van der Waals surface area contributed by atoms with Crippen molar-refractivity contribution in [3.63, 3.8) is 0 Å². The standard InChI is InChI=1S/C10H9ClN2O2S/c11-4-1-5-16-10-3-2-8(7-12)6-9(10)13(14)15/h2-3,6H,1,4-5H2. The molecule has 0 amide bonds. The van der Waals surface area contributed by atoms with Crippen LogP contribution in [0.3, 0.4) is 0 Å². The molecule has 0 aromatic heterocycles. The highest BCUT2D eigenvalue weighted by molar-refractivity contribution is 7.99. The second kappa shape index (κ2) is 6.36. The average molecular weight is 257 g/mol. The van der Waals surface area contributed by atoms with E-state index in [0.29, 0.717) is 16.3 Å². The van der Waals surface area contributed by atoms with E-state index in [4.69, 9.17) is 16.9 Å². The average Bonchev–Trinajstić information content (AvgIpc) is 2.29. The molecule has 84 valence electrons. The SMILES string of the molecule is N#Cc1ccc(SCCCCl)c([N+](=O)[O-])c1. The number of nitriles is 1. The van der Waals surface area contributed by atoms with Gasteiger partial charge in [-0.05, 0) is 24.3 Å². The minimum Gasteiger partial charge on any atom is -0.258 e. The van der Waals surface area contributed by atoms with Gasteiger partial charge in [0.05, 0.1) is 21.5 Å². The third-order valence-electron chi connectivity index (χ3n) is 1.82. The van der Waals surface area contributed by atoms with Crippen molar-refractivity contribution < 1.29 is 4.92 Å². The maximum atomic E-state index is 10.8. The van der Waals surface area contributed by atoms with E-state index in [9.17, 15) is 10.1 Å². The summed E-state index contributed by atoms with van der Waals surface area (Å²) in [6, 6.07) is 6.36. The number of nitro benzene ring substituents is 1. The number of hydrogen-bond donors (Lipinski definition) is 0. The van der Waals surface area contributed by atoms with Crippen LogP contribution < -0.4 is 0 Å². The molecule has 4 nitrogen and oxygen atoms in total.